The molecule has 1 aliphatic heterocycles. The van der Waals surface area contributed by atoms with Gasteiger partial charge < -0.3 is 15.0 Å². The molecular weight excluding hydrogens is 252 g/mol. The van der Waals surface area contributed by atoms with Gasteiger partial charge in [-0.05, 0) is 24.1 Å². The summed E-state index contributed by atoms with van der Waals surface area (Å²) in [6, 6.07) is 13.8. The first kappa shape index (κ1) is 12.9. The molecule has 1 aromatic carbocycles. The van der Waals surface area contributed by atoms with E-state index in [-0.39, 0.29) is 12.0 Å². The van der Waals surface area contributed by atoms with Crippen molar-refractivity contribution in [2.75, 3.05) is 13.2 Å². The SMILES string of the molecule is O=C(NC[C@H]1CCO[C@@H]1c1ccccc1)c1ccc[nH]1. The van der Waals surface area contributed by atoms with E-state index in [1.165, 1.54) is 5.56 Å². The number of hydrogen-bond acceptors (Lipinski definition) is 2. The van der Waals surface area contributed by atoms with Gasteiger partial charge in [-0.3, -0.25) is 4.79 Å². The summed E-state index contributed by atoms with van der Waals surface area (Å²) >= 11 is 0. The quantitative estimate of drug-likeness (QED) is 0.897. The van der Waals surface area contributed by atoms with Gasteiger partial charge in [0.05, 0.1) is 6.10 Å². The maximum absolute atomic E-state index is 11.9. The Balaban J connectivity index is 1.61. The van der Waals surface area contributed by atoms with Gasteiger partial charge in [-0.15, -0.1) is 0 Å². The van der Waals surface area contributed by atoms with Crippen molar-refractivity contribution in [3.63, 3.8) is 0 Å². The van der Waals surface area contributed by atoms with Crippen LogP contribution in [0.5, 0.6) is 0 Å². The molecule has 2 N–H and O–H groups in total. The van der Waals surface area contributed by atoms with Crippen molar-refractivity contribution in [3.8, 4) is 0 Å². The Bertz CT molecular complexity index is 551. The Morgan fingerprint density at radius 3 is 2.85 bits per heavy atom. The molecule has 0 saturated carbocycles. The summed E-state index contributed by atoms with van der Waals surface area (Å²) in [5.74, 6) is 0.269. The van der Waals surface area contributed by atoms with Gasteiger partial charge in [0.25, 0.3) is 5.91 Å². The van der Waals surface area contributed by atoms with E-state index in [4.69, 9.17) is 4.74 Å². The topological polar surface area (TPSA) is 54.1 Å². The number of hydrogen-bond donors (Lipinski definition) is 2. The van der Waals surface area contributed by atoms with Crippen LogP contribution in [0.15, 0.2) is 48.7 Å². The molecule has 0 unspecified atom stereocenters. The third-order valence-electron chi connectivity index (χ3n) is 3.71. The second-order valence-corrected chi connectivity index (χ2v) is 5.04. The molecule has 4 nitrogen and oxygen atoms in total. The number of aromatic amines is 1. The number of carbonyl (C=O) groups is 1. The fourth-order valence-corrected chi connectivity index (χ4v) is 2.64. The van der Waals surface area contributed by atoms with Crippen molar-refractivity contribution in [2.45, 2.75) is 12.5 Å². The Labute approximate surface area is 118 Å². The lowest BCUT2D eigenvalue weighted by molar-refractivity contribution is 0.0844. The molecular formula is C16H18N2O2. The summed E-state index contributed by atoms with van der Waals surface area (Å²) in [6.45, 7) is 1.39. The molecule has 4 heteroatoms. The normalized spacial score (nSPS) is 21.8. The molecule has 20 heavy (non-hydrogen) atoms. The molecule has 1 amide bonds. The third-order valence-corrected chi connectivity index (χ3v) is 3.71. The Morgan fingerprint density at radius 2 is 2.10 bits per heavy atom. The minimum Gasteiger partial charge on any atom is -0.373 e. The highest BCUT2D eigenvalue weighted by molar-refractivity contribution is 5.92. The van der Waals surface area contributed by atoms with Crippen LogP contribution in [0.4, 0.5) is 0 Å². The molecule has 2 heterocycles. The molecule has 0 spiro atoms. The highest BCUT2D eigenvalue weighted by atomic mass is 16.5. The zero-order valence-electron chi connectivity index (χ0n) is 11.2. The van der Waals surface area contributed by atoms with Crippen LogP contribution >= 0.6 is 0 Å². The minimum atomic E-state index is -0.0614. The van der Waals surface area contributed by atoms with E-state index in [0.717, 1.165) is 13.0 Å². The van der Waals surface area contributed by atoms with Crippen molar-refractivity contribution in [1.82, 2.24) is 10.3 Å². The van der Waals surface area contributed by atoms with Crippen LogP contribution in [0.2, 0.25) is 0 Å². The Kier molecular flexibility index (Phi) is 3.83. The van der Waals surface area contributed by atoms with Crippen molar-refractivity contribution >= 4 is 5.91 Å². The lowest BCUT2D eigenvalue weighted by atomic mass is 9.95. The first-order chi connectivity index (χ1) is 9.84. The van der Waals surface area contributed by atoms with Crippen LogP contribution in [0, 0.1) is 5.92 Å². The first-order valence-corrected chi connectivity index (χ1v) is 6.93. The number of ether oxygens (including phenoxy) is 1. The Hall–Kier alpha value is -2.07. The average molecular weight is 270 g/mol. The summed E-state index contributed by atoms with van der Waals surface area (Å²) in [5.41, 5.74) is 1.78. The Morgan fingerprint density at radius 1 is 1.25 bits per heavy atom. The minimum absolute atomic E-state index is 0.0614. The zero-order chi connectivity index (χ0) is 13.8. The maximum Gasteiger partial charge on any atom is 0.267 e. The lowest BCUT2D eigenvalue weighted by Gasteiger charge is -2.19. The van der Waals surface area contributed by atoms with Crippen LogP contribution in [-0.2, 0) is 4.74 Å². The standard InChI is InChI=1S/C16H18N2O2/c19-16(14-7-4-9-17-14)18-11-13-8-10-20-15(13)12-5-2-1-3-6-12/h1-7,9,13,15,17H,8,10-11H2,(H,18,19)/t13-,15-/m1/s1. The molecule has 0 aliphatic carbocycles. The second-order valence-electron chi connectivity index (χ2n) is 5.04. The first-order valence-electron chi connectivity index (χ1n) is 6.93. The van der Waals surface area contributed by atoms with E-state index < -0.39 is 0 Å². The molecule has 2 aromatic rings. The summed E-state index contributed by atoms with van der Waals surface area (Å²) in [6.07, 6.45) is 2.81. The van der Waals surface area contributed by atoms with Gasteiger partial charge in [0, 0.05) is 25.3 Å². The highest BCUT2D eigenvalue weighted by Crippen LogP contribution is 2.33. The molecule has 2 atom stereocenters. The van der Waals surface area contributed by atoms with E-state index in [2.05, 4.69) is 22.4 Å². The van der Waals surface area contributed by atoms with E-state index >= 15 is 0 Å². The number of aromatic nitrogens is 1. The summed E-state index contributed by atoms with van der Waals surface area (Å²) in [4.78, 5) is 14.8. The number of H-pyrrole nitrogens is 1. The van der Waals surface area contributed by atoms with Crippen LogP contribution in [-0.4, -0.2) is 24.0 Å². The van der Waals surface area contributed by atoms with E-state index in [0.29, 0.717) is 18.2 Å². The third kappa shape index (κ3) is 2.75. The van der Waals surface area contributed by atoms with Gasteiger partial charge in [0.15, 0.2) is 0 Å². The largest absolute Gasteiger partial charge is 0.373 e. The molecule has 0 radical (unpaired) electrons. The van der Waals surface area contributed by atoms with Gasteiger partial charge in [-0.25, -0.2) is 0 Å². The summed E-state index contributed by atoms with van der Waals surface area (Å²) in [7, 11) is 0. The van der Waals surface area contributed by atoms with Gasteiger partial charge in [0.1, 0.15) is 5.69 Å². The van der Waals surface area contributed by atoms with Gasteiger partial charge in [0.2, 0.25) is 0 Å². The van der Waals surface area contributed by atoms with Gasteiger partial charge in [-0.1, -0.05) is 30.3 Å². The number of amides is 1. The molecule has 1 fully saturated rings. The number of rotatable bonds is 4. The molecule has 1 aromatic heterocycles. The number of benzene rings is 1. The van der Waals surface area contributed by atoms with Crippen LogP contribution in [0.1, 0.15) is 28.6 Å². The van der Waals surface area contributed by atoms with Crippen molar-refractivity contribution in [2.24, 2.45) is 5.92 Å². The predicted molar refractivity (Wildman–Crippen MR) is 76.4 cm³/mol. The molecule has 104 valence electrons. The smallest absolute Gasteiger partial charge is 0.267 e. The van der Waals surface area contributed by atoms with Gasteiger partial charge in [-0.2, -0.15) is 0 Å². The van der Waals surface area contributed by atoms with Crippen molar-refractivity contribution in [1.29, 1.82) is 0 Å². The lowest BCUT2D eigenvalue weighted by Crippen LogP contribution is -2.30. The second kappa shape index (κ2) is 5.92. The molecule has 3 rings (SSSR count). The molecule has 0 bridgehead atoms. The maximum atomic E-state index is 11.9. The number of nitrogens with one attached hydrogen (secondary N) is 2. The van der Waals surface area contributed by atoms with E-state index in [1.807, 2.05) is 24.3 Å². The fraction of sp³-hybridized carbons (Fsp3) is 0.312. The summed E-state index contributed by atoms with van der Waals surface area (Å²) in [5, 5.41) is 2.98. The average Bonchev–Trinajstić information content (AvgIpc) is 3.17. The van der Waals surface area contributed by atoms with Crippen LogP contribution < -0.4 is 5.32 Å². The van der Waals surface area contributed by atoms with Crippen molar-refractivity contribution in [3.05, 3.63) is 59.9 Å². The zero-order valence-corrected chi connectivity index (χ0v) is 11.2. The van der Waals surface area contributed by atoms with E-state index in [1.54, 1.807) is 12.3 Å². The monoisotopic (exact) mass is 270 g/mol. The number of carbonyl (C=O) groups excluding carboxylic acids is 1. The van der Waals surface area contributed by atoms with Gasteiger partial charge >= 0.3 is 0 Å². The fourth-order valence-electron chi connectivity index (χ4n) is 2.64. The summed E-state index contributed by atoms with van der Waals surface area (Å²) < 4.78 is 5.82. The van der Waals surface area contributed by atoms with E-state index in [9.17, 15) is 4.79 Å². The van der Waals surface area contributed by atoms with Crippen LogP contribution in [0.3, 0.4) is 0 Å². The predicted octanol–water partition coefficient (Wildman–Crippen LogP) is 2.52. The highest BCUT2D eigenvalue weighted by Gasteiger charge is 2.29. The van der Waals surface area contributed by atoms with Crippen molar-refractivity contribution < 1.29 is 9.53 Å². The molecule has 1 aliphatic rings. The van der Waals surface area contributed by atoms with Crippen LogP contribution in [0.25, 0.3) is 0 Å². The molecule has 1 saturated heterocycles.